The number of oxazole rings is 1. The molecule has 3 heterocycles. The molecule has 3 aromatic carbocycles. The van der Waals surface area contributed by atoms with Gasteiger partial charge in [-0.15, -0.1) is 0 Å². The van der Waals surface area contributed by atoms with Crippen LogP contribution in [-0.2, 0) is 13.0 Å². The Balaban J connectivity index is 1.40. The van der Waals surface area contributed by atoms with Gasteiger partial charge in [-0.2, -0.15) is 10.1 Å². The summed E-state index contributed by atoms with van der Waals surface area (Å²) in [6, 6.07) is 17.1. The largest absolute Gasteiger partial charge is 0.439 e. The second-order valence-corrected chi connectivity index (χ2v) is 10.1. The Morgan fingerprint density at radius 1 is 0.973 bits per heavy atom. The van der Waals surface area contributed by atoms with Crippen LogP contribution in [0.2, 0.25) is 10.0 Å². The van der Waals surface area contributed by atoms with Crippen molar-refractivity contribution in [2.45, 2.75) is 32.5 Å². The van der Waals surface area contributed by atoms with Gasteiger partial charge >= 0.3 is 0 Å². The highest BCUT2D eigenvalue weighted by atomic mass is 35.5. The number of hydrogen-bond donors (Lipinski definition) is 0. The van der Waals surface area contributed by atoms with E-state index in [1.165, 1.54) is 23.3 Å². The fourth-order valence-corrected chi connectivity index (χ4v) is 5.53. The summed E-state index contributed by atoms with van der Waals surface area (Å²) in [4.78, 5) is 6.97. The molecule has 0 N–H and O–H groups in total. The maximum Gasteiger partial charge on any atom is 0.231 e. The van der Waals surface area contributed by atoms with Crippen molar-refractivity contribution in [2.75, 3.05) is 11.6 Å². The molecule has 37 heavy (non-hydrogen) atoms. The quantitative estimate of drug-likeness (QED) is 0.275. The van der Waals surface area contributed by atoms with Crippen molar-refractivity contribution in [3.63, 3.8) is 0 Å². The van der Waals surface area contributed by atoms with E-state index in [1.54, 1.807) is 19.1 Å². The SMILES string of the molecule is Cc1oc(-c2ccc(F)cc2F)nc1N1N=C(c2ccc(Cl)cc2Cl)CC1N1CCc2ccccc2C1. The summed E-state index contributed by atoms with van der Waals surface area (Å²) >= 11 is 12.7. The topological polar surface area (TPSA) is 44.9 Å². The molecule has 2 aliphatic heterocycles. The third kappa shape index (κ3) is 4.52. The first-order valence-electron chi connectivity index (χ1n) is 11.9. The number of halogens is 4. The number of aromatic nitrogens is 1. The standard InChI is InChI=1S/C28H22Cl2F2N4O/c1-16-27(33-28(37-16)22-9-7-20(31)13-24(22)32)36-26(35-11-10-17-4-2-3-5-18(17)15-35)14-25(34-36)21-8-6-19(29)12-23(21)30/h2-9,12-13,26H,10-11,14-15H2,1H3. The van der Waals surface area contributed by atoms with E-state index >= 15 is 0 Å². The maximum absolute atomic E-state index is 14.5. The fourth-order valence-electron chi connectivity index (χ4n) is 5.01. The van der Waals surface area contributed by atoms with E-state index in [0.717, 1.165) is 36.9 Å². The number of hydrazone groups is 1. The van der Waals surface area contributed by atoms with E-state index in [-0.39, 0.29) is 17.6 Å². The van der Waals surface area contributed by atoms with Gasteiger partial charge in [-0.05, 0) is 48.7 Å². The fraction of sp³-hybridized carbons (Fsp3) is 0.214. The van der Waals surface area contributed by atoms with Crippen molar-refractivity contribution < 1.29 is 13.2 Å². The molecule has 2 aliphatic rings. The van der Waals surface area contributed by atoms with Crippen LogP contribution in [0, 0.1) is 18.6 Å². The first-order chi connectivity index (χ1) is 17.9. The van der Waals surface area contributed by atoms with Gasteiger partial charge in [0.25, 0.3) is 0 Å². The smallest absolute Gasteiger partial charge is 0.231 e. The molecule has 1 unspecified atom stereocenters. The summed E-state index contributed by atoms with van der Waals surface area (Å²) < 4.78 is 33.8. The average Bonchev–Trinajstić information content (AvgIpc) is 3.47. The lowest BCUT2D eigenvalue weighted by Gasteiger charge is -2.36. The minimum absolute atomic E-state index is 0.0703. The van der Waals surface area contributed by atoms with Crippen molar-refractivity contribution in [3.8, 4) is 11.5 Å². The number of rotatable bonds is 4. The van der Waals surface area contributed by atoms with E-state index in [9.17, 15) is 8.78 Å². The van der Waals surface area contributed by atoms with Crippen molar-refractivity contribution in [2.24, 2.45) is 5.10 Å². The van der Waals surface area contributed by atoms with Crippen LogP contribution in [0.4, 0.5) is 14.6 Å². The highest BCUT2D eigenvalue weighted by Crippen LogP contribution is 2.37. The van der Waals surface area contributed by atoms with Crippen LogP contribution in [0.25, 0.3) is 11.5 Å². The molecule has 0 bridgehead atoms. The van der Waals surface area contributed by atoms with E-state index in [1.807, 2.05) is 11.1 Å². The molecule has 0 spiro atoms. The van der Waals surface area contributed by atoms with Gasteiger partial charge < -0.3 is 4.42 Å². The maximum atomic E-state index is 14.5. The van der Waals surface area contributed by atoms with Crippen molar-refractivity contribution in [1.82, 2.24) is 9.88 Å². The molecule has 0 saturated carbocycles. The van der Waals surface area contributed by atoms with Gasteiger partial charge in [0, 0.05) is 36.2 Å². The Labute approximate surface area is 222 Å². The minimum Gasteiger partial charge on any atom is -0.439 e. The molecule has 6 rings (SSSR count). The predicted molar refractivity (Wildman–Crippen MR) is 141 cm³/mol. The average molecular weight is 539 g/mol. The molecule has 0 saturated heterocycles. The summed E-state index contributed by atoms with van der Waals surface area (Å²) in [5.41, 5.74) is 4.29. The number of anilines is 1. The molecule has 1 atom stereocenters. The second-order valence-electron chi connectivity index (χ2n) is 9.21. The Morgan fingerprint density at radius 3 is 2.54 bits per heavy atom. The number of aryl methyl sites for hydroxylation is 1. The van der Waals surface area contributed by atoms with Crippen LogP contribution in [0.1, 0.15) is 28.9 Å². The Morgan fingerprint density at radius 2 is 1.76 bits per heavy atom. The van der Waals surface area contributed by atoms with Gasteiger partial charge in [0.1, 0.15) is 23.6 Å². The summed E-state index contributed by atoms with van der Waals surface area (Å²) in [5, 5.41) is 7.84. The zero-order valence-electron chi connectivity index (χ0n) is 19.9. The van der Waals surface area contributed by atoms with E-state index in [2.05, 4.69) is 34.1 Å². The molecular weight excluding hydrogens is 517 g/mol. The van der Waals surface area contributed by atoms with E-state index in [4.69, 9.17) is 32.7 Å². The molecule has 5 nitrogen and oxygen atoms in total. The predicted octanol–water partition coefficient (Wildman–Crippen LogP) is 7.23. The highest BCUT2D eigenvalue weighted by Gasteiger charge is 2.37. The van der Waals surface area contributed by atoms with Crippen LogP contribution in [-0.4, -0.2) is 28.3 Å². The summed E-state index contributed by atoms with van der Waals surface area (Å²) in [6.45, 7) is 3.36. The number of nitrogens with zero attached hydrogens (tertiary/aromatic N) is 4. The molecule has 4 aromatic rings. The normalized spacial score (nSPS) is 17.7. The molecule has 188 valence electrons. The van der Waals surface area contributed by atoms with Gasteiger partial charge in [-0.3, -0.25) is 4.90 Å². The van der Waals surface area contributed by atoms with E-state index < -0.39 is 11.6 Å². The third-order valence-electron chi connectivity index (χ3n) is 6.86. The lowest BCUT2D eigenvalue weighted by Crippen LogP contribution is -2.46. The molecule has 9 heteroatoms. The molecular formula is C28H22Cl2F2N4O. The van der Waals surface area contributed by atoms with Crippen LogP contribution in [0.15, 0.2) is 70.2 Å². The van der Waals surface area contributed by atoms with Crippen molar-refractivity contribution in [1.29, 1.82) is 0 Å². The first-order valence-corrected chi connectivity index (χ1v) is 12.7. The summed E-state index contributed by atoms with van der Waals surface area (Å²) in [5.74, 6) is -0.378. The second kappa shape index (κ2) is 9.56. The van der Waals surface area contributed by atoms with Crippen LogP contribution in [0.5, 0.6) is 0 Å². The summed E-state index contributed by atoms with van der Waals surface area (Å²) in [7, 11) is 0. The monoisotopic (exact) mass is 538 g/mol. The molecule has 0 aliphatic carbocycles. The van der Waals surface area contributed by atoms with E-state index in [0.29, 0.717) is 28.0 Å². The molecule has 0 amide bonds. The third-order valence-corrected chi connectivity index (χ3v) is 7.41. The molecule has 1 aromatic heterocycles. The Bertz CT molecular complexity index is 1540. The lowest BCUT2D eigenvalue weighted by molar-refractivity contribution is 0.183. The zero-order chi connectivity index (χ0) is 25.7. The van der Waals surface area contributed by atoms with Crippen LogP contribution in [0.3, 0.4) is 0 Å². The minimum atomic E-state index is -0.740. The van der Waals surface area contributed by atoms with Gasteiger partial charge in [0.2, 0.25) is 5.89 Å². The van der Waals surface area contributed by atoms with Crippen molar-refractivity contribution >= 4 is 34.7 Å². The Kier molecular flexibility index (Phi) is 6.23. The van der Waals surface area contributed by atoms with Crippen molar-refractivity contribution in [3.05, 3.63) is 105 Å². The molecule has 0 radical (unpaired) electrons. The number of fused-ring (bicyclic) bond motifs is 1. The van der Waals surface area contributed by atoms with Gasteiger partial charge in [0.05, 0.1) is 16.3 Å². The van der Waals surface area contributed by atoms with Gasteiger partial charge in [0.15, 0.2) is 5.82 Å². The summed E-state index contributed by atoms with van der Waals surface area (Å²) in [6.07, 6.45) is 1.35. The highest BCUT2D eigenvalue weighted by molar-refractivity contribution is 6.37. The Hall–Kier alpha value is -3.26. The van der Waals surface area contributed by atoms with Crippen LogP contribution >= 0.6 is 23.2 Å². The first kappa shape index (κ1) is 24.1. The lowest BCUT2D eigenvalue weighted by atomic mass is 9.98. The number of hydrogen-bond acceptors (Lipinski definition) is 5. The zero-order valence-corrected chi connectivity index (χ0v) is 21.4. The van der Waals surface area contributed by atoms with Gasteiger partial charge in [-0.1, -0.05) is 53.5 Å². The van der Waals surface area contributed by atoms with Crippen LogP contribution < -0.4 is 5.01 Å². The van der Waals surface area contributed by atoms with Gasteiger partial charge in [-0.25, -0.2) is 13.8 Å². The molecule has 0 fully saturated rings. The number of benzene rings is 3.